The van der Waals surface area contributed by atoms with E-state index in [0.717, 1.165) is 0 Å². The Kier molecular flexibility index (Phi) is 9.28. The highest BCUT2D eigenvalue weighted by Crippen LogP contribution is 2.07. The number of aromatic hydroxyl groups is 1. The van der Waals surface area contributed by atoms with Gasteiger partial charge in [-0.15, -0.1) is 12.4 Å². The first kappa shape index (κ1) is 15.7. The number of aliphatic carboxylic acids is 1. The van der Waals surface area contributed by atoms with Gasteiger partial charge in [-0.05, 0) is 24.3 Å². The molecule has 0 heterocycles. The molecule has 0 amide bonds. The zero-order valence-electron chi connectivity index (χ0n) is 8.17. The number of benzene rings is 1. The van der Waals surface area contributed by atoms with E-state index in [1.165, 1.54) is 12.1 Å². The maximum Gasteiger partial charge on any atom is 0.303 e. The lowest BCUT2D eigenvalue weighted by molar-refractivity contribution is -0.136. The zero-order chi connectivity index (χ0) is 11.0. The third-order valence-corrected chi connectivity index (χ3v) is 1.30. The third-order valence-electron chi connectivity index (χ3n) is 1.30. The molecule has 82 valence electrons. The molecule has 0 saturated heterocycles. The van der Waals surface area contributed by atoms with Gasteiger partial charge in [0.25, 0.3) is 0 Å². The molecule has 5 heteroatoms. The average molecular weight is 230 g/mol. The number of nitriles is 1. The molecule has 1 rings (SSSR count). The summed E-state index contributed by atoms with van der Waals surface area (Å²) in [4.78, 5) is 9.37. The van der Waals surface area contributed by atoms with Crippen LogP contribution in [0.1, 0.15) is 18.9 Å². The van der Waals surface area contributed by atoms with Gasteiger partial charge < -0.3 is 10.2 Å². The van der Waals surface area contributed by atoms with Gasteiger partial charge in [-0.3, -0.25) is 4.79 Å². The van der Waals surface area contributed by atoms with Crippen LogP contribution in [0.3, 0.4) is 0 Å². The minimum atomic E-state index is -0.745. The van der Waals surface area contributed by atoms with Crippen LogP contribution in [0.15, 0.2) is 24.3 Å². The summed E-state index contributed by atoms with van der Waals surface area (Å²) in [7, 11) is 0. The molecule has 0 spiro atoms. The fourth-order valence-electron chi connectivity index (χ4n) is 0.536. The van der Waals surface area contributed by atoms with Crippen LogP contribution in [0, 0.1) is 11.3 Å². The van der Waals surface area contributed by atoms with Gasteiger partial charge in [0, 0.05) is 6.42 Å². The topological polar surface area (TPSA) is 81.3 Å². The van der Waals surface area contributed by atoms with Crippen molar-refractivity contribution in [2.75, 3.05) is 0 Å². The molecule has 1 aromatic carbocycles. The highest BCUT2D eigenvalue weighted by Gasteiger charge is 1.86. The predicted molar refractivity (Wildman–Crippen MR) is 58.0 cm³/mol. The Morgan fingerprint density at radius 2 is 1.80 bits per heavy atom. The van der Waals surface area contributed by atoms with Gasteiger partial charge in [-0.1, -0.05) is 6.92 Å². The Bertz CT molecular complexity index is 330. The summed E-state index contributed by atoms with van der Waals surface area (Å²) in [6, 6.07) is 8.04. The maximum atomic E-state index is 9.37. The number of carboxylic acids is 1. The molecule has 0 aliphatic heterocycles. The molecule has 0 aromatic heterocycles. The van der Waals surface area contributed by atoms with E-state index in [1.807, 2.05) is 6.07 Å². The van der Waals surface area contributed by atoms with Gasteiger partial charge in [0.2, 0.25) is 0 Å². The van der Waals surface area contributed by atoms with Gasteiger partial charge in [0.1, 0.15) is 5.75 Å². The first-order chi connectivity index (χ1) is 6.60. The van der Waals surface area contributed by atoms with Gasteiger partial charge in [0.05, 0.1) is 11.6 Å². The van der Waals surface area contributed by atoms with E-state index in [9.17, 15) is 4.79 Å². The van der Waals surface area contributed by atoms with Gasteiger partial charge in [-0.2, -0.15) is 5.26 Å². The van der Waals surface area contributed by atoms with Gasteiger partial charge in [-0.25, -0.2) is 0 Å². The second kappa shape index (κ2) is 8.85. The fraction of sp³-hybridized carbons (Fsp3) is 0.200. The summed E-state index contributed by atoms with van der Waals surface area (Å²) in [5, 5.41) is 24.8. The van der Waals surface area contributed by atoms with Crippen molar-refractivity contribution in [2.24, 2.45) is 0 Å². The fourth-order valence-corrected chi connectivity index (χ4v) is 0.536. The van der Waals surface area contributed by atoms with Crippen molar-refractivity contribution in [2.45, 2.75) is 13.3 Å². The summed E-state index contributed by atoms with van der Waals surface area (Å²) in [5.41, 5.74) is 0.563. The number of carboxylic acid groups (broad SMARTS) is 1. The molecule has 0 unspecified atom stereocenters. The second-order valence-corrected chi connectivity index (χ2v) is 2.41. The molecule has 0 bridgehead atoms. The molecule has 0 aliphatic carbocycles. The molecule has 0 atom stereocenters. The Morgan fingerprint density at radius 1 is 1.40 bits per heavy atom. The van der Waals surface area contributed by atoms with Gasteiger partial charge in [0.15, 0.2) is 0 Å². The molecule has 4 nitrogen and oxygen atoms in total. The van der Waals surface area contributed by atoms with E-state index in [2.05, 4.69) is 0 Å². The van der Waals surface area contributed by atoms with Crippen LogP contribution in [0.5, 0.6) is 5.75 Å². The average Bonchev–Trinajstić information content (AvgIpc) is 2.20. The number of halogens is 1. The van der Waals surface area contributed by atoms with E-state index < -0.39 is 5.97 Å². The number of hydrogen-bond acceptors (Lipinski definition) is 3. The molecule has 0 radical (unpaired) electrons. The van der Waals surface area contributed by atoms with Crippen LogP contribution in [0.2, 0.25) is 0 Å². The zero-order valence-corrected chi connectivity index (χ0v) is 8.99. The monoisotopic (exact) mass is 229 g/mol. The standard InChI is InChI=1S/C7H5NO.C3H6O2.ClH/c8-5-6-1-3-7(9)4-2-6;1-2-3(4)5;/h1-4,9H;2H2,1H3,(H,4,5);1H. The van der Waals surface area contributed by atoms with Crippen molar-refractivity contribution in [1.82, 2.24) is 0 Å². The summed E-state index contributed by atoms with van der Waals surface area (Å²) in [6.45, 7) is 1.60. The van der Waals surface area contributed by atoms with Crippen molar-refractivity contribution >= 4 is 18.4 Å². The Morgan fingerprint density at radius 3 is 2.07 bits per heavy atom. The van der Waals surface area contributed by atoms with Crippen LogP contribution in [0.4, 0.5) is 0 Å². The maximum absolute atomic E-state index is 9.37. The Hall–Kier alpha value is -1.73. The number of carbonyl (C=O) groups is 1. The van der Waals surface area contributed by atoms with E-state index in [-0.39, 0.29) is 24.6 Å². The lowest BCUT2D eigenvalue weighted by Crippen LogP contribution is -1.86. The largest absolute Gasteiger partial charge is 0.508 e. The van der Waals surface area contributed by atoms with Crippen molar-refractivity contribution < 1.29 is 15.0 Å². The van der Waals surface area contributed by atoms with Crippen LogP contribution < -0.4 is 0 Å². The SMILES string of the molecule is CCC(=O)O.Cl.N#Cc1ccc(O)cc1. The smallest absolute Gasteiger partial charge is 0.303 e. The van der Waals surface area contributed by atoms with E-state index in [0.29, 0.717) is 5.56 Å². The predicted octanol–water partition coefficient (Wildman–Crippen LogP) is 2.17. The van der Waals surface area contributed by atoms with Crippen LogP contribution >= 0.6 is 12.4 Å². The van der Waals surface area contributed by atoms with E-state index >= 15 is 0 Å². The Balaban J connectivity index is 0. The molecule has 1 aromatic rings. The Labute approximate surface area is 94.2 Å². The van der Waals surface area contributed by atoms with Crippen molar-refractivity contribution in [3.8, 4) is 11.8 Å². The summed E-state index contributed by atoms with van der Waals surface area (Å²) in [6.07, 6.45) is 0.222. The first-order valence-electron chi connectivity index (χ1n) is 4.01. The van der Waals surface area contributed by atoms with Crippen molar-refractivity contribution in [3.63, 3.8) is 0 Å². The van der Waals surface area contributed by atoms with E-state index in [1.54, 1.807) is 19.1 Å². The van der Waals surface area contributed by atoms with Crippen molar-refractivity contribution in [3.05, 3.63) is 29.8 Å². The molecular weight excluding hydrogens is 218 g/mol. The summed E-state index contributed by atoms with van der Waals surface area (Å²) < 4.78 is 0. The highest BCUT2D eigenvalue weighted by atomic mass is 35.5. The third kappa shape index (κ3) is 8.60. The lowest BCUT2D eigenvalue weighted by atomic mass is 10.2. The number of nitrogens with zero attached hydrogens (tertiary/aromatic N) is 1. The molecule has 0 saturated carbocycles. The normalized spacial score (nSPS) is 7.47. The summed E-state index contributed by atoms with van der Waals surface area (Å²) >= 11 is 0. The van der Waals surface area contributed by atoms with Crippen LogP contribution in [0.25, 0.3) is 0 Å². The first-order valence-corrected chi connectivity index (χ1v) is 4.01. The van der Waals surface area contributed by atoms with E-state index in [4.69, 9.17) is 15.5 Å². The summed E-state index contributed by atoms with van der Waals surface area (Å²) in [5.74, 6) is -0.556. The minimum absolute atomic E-state index is 0. The molecular formula is C10H12ClNO3. The minimum Gasteiger partial charge on any atom is -0.508 e. The van der Waals surface area contributed by atoms with Crippen LogP contribution in [-0.2, 0) is 4.79 Å². The highest BCUT2D eigenvalue weighted by molar-refractivity contribution is 5.85. The quantitative estimate of drug-likeness (QED) is 0.773. The lowest BCUT2D eigenvalue weighted by Gasteiger charge is -1.87. The van der Waals surface area contributed by atoms with Crippen molar-refractivity contribution in [1.29, 1.82) is 5.26 Å². The molecule has 15 heavy (non-hydrogen) atoms. The van der Waals surface area contributed by atoms with Gasteiger partial charge >= 0.3 is 5.97 Å². The molecule has 2 N–H and O–H groups in total. The number of hydrogen-bond donors (Lipinski definition) is 2. The number of rotatable bonds is 1. The molecule has 0 fully saturated rings. The van der Waals surface area contributed by atoms with Crippen LogP contribution in [-0.4, -0.2) is 16.2 Å². The number of phenolic OH excluding ortho intramolecular Hbond substituents is 1. The number of phenols is 1. The molecule has 0 aliphatic rings. The second-order valence-electron chi connectivity index (χ2n) is 2.41.